The van der Waals surface area contributed by atoms with Crippen molar-refractivity contribution in [3.8, 4) is 5.75 Å². The summed E-state index contributed by atoms with van der Waals surface area (Å²) in [6.45, 7) is 0.523. The Hall–Kier alpha value is -2.62. The molecule has 4 heteroatoms. The molecule has 0 saturated heterocycles. The molecular formula is C16H14N2O2. The number of hydrogen-bond donors (Lipinski definition) is 0. The van der Waals surface area contributed by atoms with E-state index in [9.17, 15) is 4.79 Å². The summed E-state index contributed by atoms with van der Waals surface area (Å²) in [6.07, 6.45) is 3.44. The van der Waals surface area contributed by atoms with E-state index in [-0.39, 0.29) is 5.56 Å². The Labute approximate surface area is 116 Å². The third-order valence-corrected chi connectivity index (χ3v) is 3.25. The SMILES string of the molecule is COc1ccc(Cn2ccc3cccnc3c2=O)cc1. The minimum atomic E-state index is -0.0704. The summed E-state index contributed by atoms with van der Waals surface area (Å²) in [4.78, 5) is 16.5. The van der Waals surface area contributed by atoms with E-state index >= 15 is 0 Å². The fraction of sp³-hybridized carbons (Fsp3) is 0.125. The Morgan fingerprint density at radius 1 is 1.15 bits per heavy atom. The third kappa shape index (κ3) is 2.28. The number of nitrogens with zero attached hydrogens (tertiary/aromatic N) is 2. The maximum atomic E-state index is 12.3. The van der Waals surface area contributed by atoms with Crippen LogP contribution in [0.3, 0.4) is 0 Å². The van der Waals surface area contributed by atoms with Gasteiger partial charge in [-0.1, -0.05) is 18.2 Å². The Morgan fingerprint density at radius 2 is 1.95 bits per heavy atom. The number of fused-ring (bicyclic) bond motifs is 1. The van der Waals surface area contributed by atoms with Gasteiger partial charge in [-0.05, 0) is 29.8 Å². The van der Waals surface area contributed by atoms with Crippen LogP contribution in [-0.4, -0.2) is 16.7 Å². The fourth-order valence-electron chi connectivity index (χ4n) is 2.16. The second kappa shape index (κ2) is 5.17. The van der Waals surface area contributed by atoms with Crippen LogP contribution in [0.15, 0.2) is 59.7 Å². The molecule has 0 saturated carbocycles. The Kier molecular flexibility index (Phi) is 3.21. The lowest BCUT2D eigenvalue weighted by Gasteiger charge is -2.07. The third-order valence-electron chi connectivity index (χ3n) is 3.25. The van der Waals surface area contributed by atoms with Crippen LogP contribution in [0.1, 0.15) is 5.56 Å². The number of benzene rings is 1. The van der Waals surface area contributed by atoms with Crippen LogP contribution in [0, 0.1) is 0 Å². The molecule has 0 aliphatic carbocycles. The topological polar surface area (TPSA) is 44.1 Å². The highest BCUT2D eigenvalue weighted by atomic mass is 16.5. The number of hydrogen-bond acceptors (Lipinski definition) is 3. The molecule has 20 heavy (non-hydrogen) atoms. The van der Waals surface area contributed by atoms with E-state index in [1.54, 1.807) is 24.1 Å². The molecule has 0 atom stereocenters. The summed E-state index contributed by atoms with van der Waals surface area (Å²) < 4.78 is 6.79. The standard InChI is InChI=1S/C16H14N2O2/c1-20-14-6-4-12(5-7-14)11-18-10-8-13-3-2-9-17-15(13)16(18)19/h2-10H,11H2,1H3. The number of pyridine rings is 2. The van der Waals surface area contributed by atoms with Gasteiger partial charge in [0.05, 0.1) is 13.7 Å². The molecule has 0 aliphatic rings. The van der Waals surface area contributed by atoms with Crippen molar-refractivity contribution in [3.05, 3.63) is 70.8 Å². The van der Waals surface area contributed by atoms with Crippen LogP contribution < -0.4 is 10.3 Å². The van der Waals surface area contributed by atoms with Gasteiger partial charge < -0.3 is 9.30 Å². The van der Waals surface area contributed by atoms with Crippen LogP contribution in [0.2, 0.25) is 0 Å². The highest BCUT2D eigenvalue weighted by molar-refractivity contribution is 5.76. The molecular weight excluding hydrogens is 252 g/mol. The van der Waals surface area contributed by atoms with Crippen molar-refractivity contribution in [1.82, 2.24) is 9.55 Å². The van der Waals surface area contributed by atoms with Crippen LogP contribution >= 0.6 is 0 Å². The van der Waals surface area contributed by atoms with E-state index in [4.69, 9.17) is 4.74 Å². The zero-order valence-electron chi connectivity index (χ0n) is 11.1. The molecule has 100 valence electrons. The molecule has 1 aromatic carbocycles. The van der Waals surface area contributed by atoms with Gasteiger partial charge in [0.1, 0.15) is 11.3 Å². The first-order valence-corrected chi connectivity index (χ1v) is 6.35. The van der Waals surface area contributed by atoms with Gasteiger partial charge in [-0.25, -0.2) is 0 Å². The molecule has 3 aromatic rings. The normalized spacial score (nSPS) is 10.7. The van der Waals surface area contributed by atoms with E-state index in [0.717, 1.165) is 16.7 Å². The first kappa shape index (κ1) is 12.4. The number of methoxy groups -OCH3 is 1. The van der Waals surface area contributed by atoms with Gasteiger partial charge in [0.2, 0.25) is 0 Å². The highest BCUT2D eigenvalue weighted by Crippen LogP contribution is 2.12. The molecule has 0 bridgehead atoms. The van der Waals surface area contributed by atoms with Crippen molar-refractivity contribution in [3.63, 3.8) is 0 Å². The Bertz CT molecular complexity index is 791. The lowest BCUT2D eigenvalue weighted by Crippen LogP contribution is -2.20. The predicted octanol–water partition coefficient (Wildman–Crippen LogP) is 2.45. The van der Waals surface area contributed by atoms with E-state index < -0.39 is 0 Å². The van der Waals surface area contributed by atoms with Gasteiger partial charge in [0, 0.05) is 17.8 Å². The van der Waals surface area contributed by atoms with Crippen molar-refractivity contribution < 1.29 is 4.74 Å². The smallest absolute Gasteiger partial charge is 0.277 e. The Balaban J connectivity index is 1.98. The van der Waals surface area contributed by atoms with Crippen molar-refractivity contribution in [2.45, 2.75) is 6.54 Å². The molecule has 0 N–H and O–H groups in total. The second-order valence-corrected chi connectivity index (χ2v) is 4.54. The van der Waals surface area contributed by atoms with Crippen LogP contribution in [0.4, 0.5) is 0 Å². The van der Waals surface area contributed by atoms with Gasteiger partial charge >= 0.3 is 0 Å². The summed E-state index contributed by atoms with van der Waals surface area (Å²) in [5.41, 5.74) is 1.48. The minimum Gasteiger partial charge on any atom is -0.497 e. The molecule has 0 unspecified atom stereocenters. The van der Waals surface area contributed by atoms with Gasteiger partial charge in [0.25, 0.3) is 5.56 Å². The molecule has 2 heterocycles. The maximum Gasteiger partial charge on any atom is 0.277 e. The predicted molar refractivity (Wildman–Crippen MR) is 78.1 cm³/mol. The summed E-state index contributed by atoms with van der Waals surface area (Å²) in [5, 5.41) is 0.864. The fourth-order valence-corrected chi connectivity index (χ4v) is 2.16. The van der Waals surface area contributed by atoms with Crippen molar-refractivity contribution >= 4 is 10.9 Å². The number of ether oxygens (including phenoxy) is 1. The molecule has 0 radical (unpaired) electrons. The minimum absolute atomic E-state index is 0.0704. The van der Waals surface area contributed by atoms with Gasteiger partial charge in [-0.15, -0.1) is 0 Å². The zero-order chi connectivity index (χ0) is 13.9. The number of rotatable bonds is 3. The monoisotopic (exact) mass is 266 g/mol. The molecule has 0 aliphatic heterocycles. The molecule has 3 rings (SSSR count). The van der Waals surface area contributed by atoms with Crippen LogP contribution in [0.5, 0.6) is 5.75 Å². The molecule has 0 spiro atoms. The second-order valence-electron chi connectivity index (χ2n) is 4.54. The first-order valence-electron chi connectivity index (χ1n) is 6.35. The average molecular weight is 266 g/mol. The van der Waals surface area contributed by atoms with E-state index in [1.165, 1.54) is 0 Å². The highest BCUT2D eigenvalue weighted by Gasteiger charge is 2.04. The lowest BCUT2D eigenvalue weighted by molar-refractivity contribution is 0.414. The van der Waals surface area contributed by atoms with Crippen molar-refractivity contribution in [2.24, 2.45) is 0 Å². The van der Waals surface area contributed by atoms with Crippen LogP contribution in [-0.2, 0) is 6.54 Å². The van der Waals surface area contributed by atoms with E-state index in [1.807, 2.05) is 42.5 Å². The van der Waals surface area contributed by atoms with E-state index in [0.29, 0.717) is 12.1 Å². The maximum absolute atomic E-state index is 12.3. The Morgan fingerprint density at radius 3 is 2.70 bits per heavy atom. The quantitative estimate of drug-likeness (QED) is 0.731. The summed E-state index contributed by atoms with van der Waals surface area (Å²) in [7, 11) is 1.63. The summed E-state index contributed by atoms with van der Waals surface area (Å²) >= 11 is 0. The van der Waals surface area contributed by atoms with Gasteiger partial charge in [-0.2, -0.15) is 0 Å². The number of aromatic nitrogens is 2. The zero-order valence-corrected chi connectivity index (χ0v) is 11.1. The summed E-state index contributed by atoms with van der Waals surface area (Å²) in [6, 6.07) is 13.3. The van der Waals surface area contributed by atoms with Gasteiger partial charge in [0.15, 0.2) is 0 Å². The average Bonchev–Trinajstić information content (AvgIpc) is 2.51. The van der Waals surface area contributed by atoms with Gasteiger partial charge in [-0.3, -0.25) is 9.78 Å². The van der Waals surface area contributed by atoms with Crippen molar-refractivity contribution in [2.75, 3.05) is 7.11 Å². The molecule has 4 nitrogen and oxygen atoms in total. The molecule has 0 amide bonds. The summed E-state index contributed by atoms with van der Waals surface area (Å²) in [5.74, 6) is 0.807. The molecule has 2 aromatic heterocycles. The largest absolute Gasteiger partial charge is 0.497 e. The van der Waals surface area contributed by atoms with E-state index in [2.05, 4.69) is 4.98 Å². The van der Waals surface area contributed by atoms with Crippen LogP contribution in [0.25, 0.3) is 10.9 Å². The van der Waals surface area contributed by atoms with Crippen molar-refractivity contribution in [1.29, 1.82) is 0 Å². The first-order chi connectivity index (χ1) is 9.78. The lowest BCUT2D eigenvalue weighted by atomic mass is 10.2. The molecule has 0 fully saturated rings.